The van der Waals surface area contributed by atoms with Gasteiger partial charge in [-0.05, 0) is 24.6 Å². The van der Waals surface area contributed by atoms with Gasteiger partial charge in [0.2, 0.25) is 5.88 Å². The fourth-order valence-electron chi connectivity index (χ4n) is 1.72. The fourth-order valence-corrected chi connectivity index (χ4v) is 1.72. The summed E-state index contributed by atoms with van der Waals surface area (Å²) in [7, 11) is 0. The zero-order chi connectivity index (χ0) is 15.6. The van der Waals surface area contributed by atoms with Gasteiger partial charge in [0, 0.05) is 5.41 Å². The number of ether oxygens (including phenoxy) is 1. The lowest BCUT2D eigenvalue weighted by atomic mass is 9.95. The molecule has 0 atom stereocenters. The van der Waals surface area contributed by atoms with Crippen LogP contribution >= 0.6 is 0 Å². The van der Waals surface area contributed by atoms with E-state index in [1.165, 1.54) is 0 Å². The molecule has 1 aromatic carbocycles. The van der Waals surface area contributed by atoms with Crippen LogP contribution in [0.5, 0.6) is 11.6 Å². The minimum atomic E-state index is -0.208. The molecule has 0 radical (unpaired) electrons. The van der Waals surface area contributed by atoms with E-state index in [1.807, 2.05) is 27.7 Å². The summed E-state index contributed by atoms with van der Waals surface area (Å²) in [6, 6.07) is 7.19. The molecule has 1 aromatic heterocycles. The van der Waals surface area contributed by atoms with Crippen molar-refractivity contribution in [3.05, 3.63) is 41.2 Å². The number of anilines is 1. The average molecular weight is 287 g/mol. The van der Waals surface area contributed by atoms with Gasteiger partial charge in [0.25, 0.3) is 0 Å². The molecule has 3 N–H and O–H groups in total. The first-order valence-electron chi connectivity index (χ1n) is 6.83. The Balaban J connectivity index is 2.36. The number of benzene rings is 1. The van der Waals surface area contributed by atoms with Gasteiger partial charge in [-0.2, -0.15) is 4.98 Å². The molecule has 0 spiro atoms. The molecule has 0 aliphatic carbocycles. The molecular formula is C16H21N3O2. The molecule has 2 rings (SSSR count). The molecule has 112 valence electrons. The lowest BCUT2D eigenvalue weighted by Crippen LogP contribution is -2.18. The monoisotopic (exact) mass is 287 g/mol. The van der Waals surface area contributed by atoms with Gasteiger partial charge in [-0.3, -0.25) is 0 Å². The van der Waals surface area contributed by atoms with E-state index in [1.54, 1.807) is 24.3 Å². The van der Waals surface area contributed by atoms with Crippen LogP contribution in [0.15, 0.2) is 24.3 Å². The number of nitrogens with two attached hydrogens (primary N) is 1. The molecule has 0 saturated heterocycles. The Hall–Kier alpha value is -2.14. The zero-order valence-corrected chi connectivity index (χ0v) is 12.8. The van der Waals surface area contributed by atoms with E-state index >= 15 is 0 Å². The number of aliphatic hydroxyl groups excluding tert-OH is 1. The standard InChI is InChI=1S/C16H21N3O2/c1-10-13(17)18-15(16(2,3)4)19-14(10)21-12-7-5-11(9-20)6-8-12/h5-8,20H,9H2,1-4H3,(H2,17,18,19). The summed E-state index contributed by atoms with van der Waals surface area (Å²) in [5, 5.41) is 9.05. The second-order valence-corrected chi connectivity index (χ2v) is 6.02. The van der Waals surface area contributed by atoms with E-state index in [2.05, 4.69) is 9.97 Å². The van der Waals surface area contributed by atoms with Gasteiger partial charge in [0.1, 0.15) is 17.4 Å². The zero-order valence-electron chi connectivity index (χ0n) is 12.8. The Kier molecular flexibility index (Phi) is 4.14. The molecule has 21 heavy (non-hydrogen) atoms. The maximum atomic E-state index is 9.05. The third-order valence-corrected chi connectivity index (χ3v) is 3.13. The van der Waals surface area contributed by atoms with Crippen molar-refractivity contribution < 1.29 is 9.84 Å². The van der Waals surface area contributed by atoms with Crippen LogP contribution in [0.3, 0.4) is 0 Å². The van der Waals surface area contributed by atoms with Crippen LogP contribution in [0.25, 0.3) is 0 Å². The second-order valence-electron chi connectivity index (χ2n) is 6.02. The van der Waals surface area contributed by atoms with Crippen molar-refractivity contribution >= 4 is 5.82 Å². The third-order valence-electron chi connectivity index (χ3n) is 3.13. The van der Waals surface area contributed by atoms with Crippen molar-refractivity contribution in [2.45, 2.75) is 39.7 Å². The van der Waals surface area contributed by atoms with Crippen LogP contribution in [0.2, 0.25) is 0 Å². The van der Waals surface area contributed by atoms with E-state index < -0.39 is 0 Å². The lowest BCUT2D eigenvalue weighted by molar-refractivity contribution is 0.281. The number of nitrogen functional groups attached to an aromatic ring is 1. The number of aromatic nitrogens is 2. The van der Waals surface area contributed by atoms with E-state index in [-0.39, 0.29) is 12.0 Å². The summed E-state index contributed by atoms with van der Waals surface area (Å²) in [5.41, 5.74) is 7.29. The molecular weight excluding hydrogens is 266 g/mol. The fraction of sp³-hybridized carbons (Fsp3) is 0.375. The largest absolute Gasteiger partial charge is 0.439 e. The third kappa shape index (κ3) is 3.49. The van der Waals surface area contributed by atoms with Crippen LogP contribution < -0.4 is 10.5 Å². The molecule has 0 aliphatic rings. The number of rotatable bonds is 3. The Morgan fingerprint density at radius 1 is 1.14 bits per heavy atom. The molecule has 5 heteroatoms. The first-order valence-corrected chi connectivity index (χ1v) is 6.83. The van der Waals surface area contributed by atoms with Crippen molar-refractivity contribution in [3.8, 4) is 11.6 Å². The molecule has 5 nitrogen and oxygen atoms in total. The second kappa shape index (κ2) is 5.69. The highest BCUT2D eigenvalue weighted by molar-refractivity contribution is 5.46. The van der Waals surface area contributed by atoms with Crippen molar-refractivity contribution in [2.75, 3.05) is 5.73 Å². The van der Waals surface area contributed by atoms with Gasteiger partial charge in [0.05, 0.1) is 12.2 Å². The Labute approximate surface area is 124 Å². The van der Waals surface area contributed by atoms with Gasteiger partial charge in [-0.25, -0.2) is 4.98 Å². The van der Waals surface area contributed by atoms with Gasteiger partial charge in [-0.15, -0.1) is 0 Å². The topological polar surface area (TPSA) is 81.3 Å². The Morgan fingerprint density at radius 2 is 1.76 bits per heavy atom. The van der Waals surface area contributed by atoms with Crippen LogP contribution in [0, 0.1) is 6.92 Å². The van der Waals surface area contributed by atoms with Crippen molar-refractivity contribution in [2.24, 2.45) is 0 Å². The summed E-state index contributed by atoms with van der Waals surface area (Å²) in [6.07, 6.45) is 0. The molecule has 0 saturated carbocycles. The number of aliphatic hydroxyl groups is 1. The highest BCUT2D eigenvalue weighted by Gasteiger charge is 2.21. The summed E-state index contributed by atoms with van der Waals surface area (Å²) < 4.78 is 5.81. The highest BCUT2D eigenvalue weighted by atomic mass is 16.5. The average Bonchev–Trinajstić information content (AvgIpc) is 2.43. The summed E-state index contributed by atoms with van der Waals surface area (Å²) >= 11 is 0. The first kappa shape index (κ1) is 15.3. The SMILES string of the molecule is Cc1c(N)nc(C(C)(C)C)nc1Oc1ccc(CO)cc1. The van der Waals surface area contributed by atoms with Crippen LogP contribution in [0.1, 0.15) is 37.7 Å². The van der Waals surface area contributed by atoms with Crippen LogP contribution in [0.4, 0.5) is 5.82 Å². The molecule has 0 bridgehead atoms. The van der Waals surface area contributed by atoms with Crippen LogP contribution in [-0.2, 0) is 12.0 Å². The quantitative estimate of drug-likeness (QED) is 0.907. The summed E-state index contributed by atoms with van der Waals surface area (Å²) in [4.78, 5) is 8.81. The highest BCUT2D eigenvalue weighted by Crippen LogP contribution is 2.29. The predicted molar refractivity (Wildman–Crippen MR) is 82.3 cm³/mol. The van der Waals surface area contributed by atoms with E-state index in [0.717, 1.165) is 5.56 Å². The Bertz CT molecular complexity index is 631. The minimum absolute atomic E-state index is 0.00787. The normalized spacial score (nSPS) is 11.5. The van der Waals surface area contributed by atoms with Crippen molar-refractivity contribution in [3.63, 3.8) is 0 Å². The molecule has 0 aliphatic heterocycles. The maximum absolute atomic E-state index is 9.05. The smallest absolute Gasteiger partial charge is 0.227 e. The van der Waals surface area contributed by atoms with Crippen molar-refractivity contribution in [1.29, 1.82) is 0 Å². The molecule has 1 heterocycles. The lowest BCUT2D eigenvalue weighted by Gasteiger charge is -2.19. The molecule has 0 unspecified atom stereocenters. The van der Waals surface area contributed by atoms with Gasteiger partial charge in [-0.1, -0.05) is 32.9 Å². The number of hydrogen-bond acceptors (Lipinski definition) is 5. The van der Waals surface area contributed by atoms with Gasteiger partial charge >= 0.3 is 0 Å². The number of hydrogen-bond donors (Lipinski definition) is 2. The van der Waals surface area contributed by atoms with E-state index in [0.29, 0.717) is 28.8 Å². The van der Waals surface area contributed by atoms with E-state index in [9.17, 15) is 0 Å². The molecule has 2 aromatic rings. The van der Waals surface area contributed by atoms with Gasteiger partial charge < -0.3 is 15.6 Å². The predicted octanol–water partition coefficient (Wildman–Crippen LogP) is 2.95. The van der Waals surface area contributed by atoms with Crippen molar-refractivity contribution in [1.82, 2.24) is 9.97 Å². The molecule has 0 amide bonds. The molecule has 0 fully saturated rings. The minimum Gasteiger partial charge on any atom is -0.439 e. The maximum Gasteiger partial charge on any atom is 0.227 e. The van der Waals surface area contributed by atoms with Crippen LogP contribution in [-0.4, -0.2) is 15.1 Å². The Morgan fingerprint density at radius 3 is 2.29 bits per heavy atom. The van der Waals surface area contributed by atoms with E-state index in [4.69, 9.17) is 15.6 Å². The summed E-state index contributed by atoms with van der Waals surface area (Å²) in [6.45, 7) is 7.91. The first-order chi connectivity index (χ1) is 9.81. The van der Waals surface area contributed by atoms with Gasteiger partial charge in [0.15, 0.2) is 0 Å². The summed E-state index contributed by atoms with van der Waals surface area (Å²) in [5.74, 6) is 2.18. The number of nitrogens with zero attached hydrogens (tertiary/aromatic N) is 2.